The molecule has 3 rings (SSSR count). The summed E-state index contributed by atoms with van der Waals surface area (Å²) in [5.74, 6) is -0.467. The molecule has 0 aliphatic carbocycles. The van der Waals surface area contributed by atoms with Gasteiger partial charge in [-0.3, -0.25) is 9.69 Å². The molecule has 29 heavy (non-hydrogen) atoms. The number of amides is 1. The van der Waals surface area contributed by atoms with Gasteiger partial charge in [-0.1, -0.05) is 17.7 Å². The van der Waals surface area contributed by atoms with Crippen molar-refractivity contribution in [2.45, 2.75) is 10.4 Å². The monoisotopic (exact) mass is 467 g/mol. The van der Waals surface area contributed by atoms with E-state index < -0.39 is 27.7 Å². The second-order valence-electron chi connectivity index (χ2n) is 6.37. The normalized spacial score (nSPS) is 16.7. The summed E-state index contributed by atoms with van der Waals surface area (Å²) in [4.78, 5) is 13.9. The van der Waals surface area contributed by atoms with E-state index in [0.29, 0.717) is 17.4 Å². The Hall–Kier alpha value is -1.66. The van der Waals surface area contributed by atoms with E-state index in [9.17, 15) is 26.4 Å². The van der Waals surface area contributed by atoms with Crippen LogP contribution in [-0.4, -0.2) is 56.3 Å². The summed E-state index contributed by atoms with van der Waals surface area (Å²) in [6.07, 6.45) is -4.49. The first-order valence-electron chi connectivity index (χ1n) is 8.51. The maximum absolute atomic E-state index is 12.8. The molecule has 0 atom stereocenters. The van der Waals surface area contributed by atoms with Gasteiger partial charge in [-0.25, -0.2) is 8.42 Å². The smallest absolute Gasteiger partial charge is 0.325 e. The van der Waals surface area contributed by atoms with Crippen LogP contribution in [0.4, 0.5) is 18.9 Å². The maximum atomic E-state index is 12.8. The molecule has 1 fully saturated rings. The van der Waals surface area contributed by atoms with Gasteiger partial charge in [-0.2, -0.15) is 17.5 Å². The van der Waals surface area contributed by atoms with Crippen molar-refractivity contribution in [3.63, 3.8) is 0 Å². The van der Waals surface area contributed by atoms with Crippen molar-refractivity contribution < 1.29 is 26.4 Å². The molecule has 0 radical (unpaired) electrons. The Morgan fingerprint density at radius 2 is 1.83 bits per heavy atom. The average molecular weight is 468 g/mol. The van der Waals surface area contributed by atoms with Crippen LogP contribution in [0.25, 0.3) is 0 Å². The van der Waals surface area contributed by atoms with Gasteiger partial charge in [-0.05, 0) is 30.3 Å². The second kappa shape index (κ2) is 8.60. The number of alkyl halides is 3. The van der Waals surface area contributed by atoms with Gasteiger partial charge in [0.1, 0.15) is 4.21 Å². The predicted molar refractivity (Wildman–Crippen MR) is 105 cm³/mol. The van der Waals surface area contributed by atoms with Gasteiger partial charge in [0.15, 0.2) is 0 Å². The molecule has 6 nitrogen and oxygen atoms in total. The molecule has 0 bridgehead atoms. The molecule has 158 valence electrons. The minimum absolute atomic E-state index is 0.0467. The van der Waals surface area contributed by atoms with Crippen molar-refractivity contribution in [1.82, 2.24) is 9.21 Å². The van der Waals surface area contributed by atoms with Crippen LogP contribution in [-0.2, 0) is 21.0 Å². The lowest BCUT2D eigenvalue weighted by Gasteiger charge is -2.33. The van der Waals surface area contributed by atoms with E-state index in [2.05, 4.69) is 5.32 Å². The van der Waals surface area contributed by atoms with Crippen LogP contribution in [0.2, 0.25) is 4.34 Å². The highest BCUT2D eigenvalue weighted by atomic mass is 35.5. The quantitative estimate of drug-likeness (QED) is 0.732. The summed E-state index contributed by atoms with van der Waals surface area (Å²) in [5, 5.41) is 2.45. The number of anilines is 1. The van der Waals surface area contributed by atoms with E-state index in [1.165, 1.54) is 28.6 Å². The predicted octanol–water partition coefficient (Wildman–Crippen LogP) is 3.37. The van der Waals surface area contributed by atoms with Crippen LogP contribution in [0.1, 0.15) is 5.56 Å². The summed E-state index contributed by atoms with van der Waals surface area (Å²) < 4.78 is 65.3. The van der Waals surface area contributed by atoms with Crippen LogP contribution < -0.4 is 5.32 Å². The molecule has 0 saturated carbocycles. The van der Waals surface area contributed by atoms with Crippen molar-refractivity contribution in [2.75, 3.05) is 38.0 Å². The number of nitrogens with one attached hydrogen (secondary N) is 1. The van der Waals surface area contributed by atoms with Gasteiger partial charge in [0.05, 0.1) is 16.4 Å². The topological polar surface area (TPSA) is 69.7 Å². The summed E-state index contributed by atoms with van der Waals surface area (Å²) in [6, 6.07) is 7.37. The third kappa shape index (κ3) is 5.48. The fourth-order valence-corrected chi connectivity index (χ4v) is 5.93. The van der Waals surface area contributed by atoms with Gasteiger partial charge in [0.2, 0.25) is 5.91 Å². The van der Waals surface area contributed by atoms with Crippen LogP contribution in [0, 0.1) is 0 Å². The van der Waals surface area contributed by atoms with Crippen molar-refractivity contribution in [3.05, 3.63) is 46.3 Å². The lowest BCUT2D eigenvalue weighted by molar-refractivity contribution is -0.137. The summed E-state index contributed by atoms with van der Waals surface area (Å²) >= 11 is 6.79. The third-order valence-electron chi connectivity index (χ3n) is 4.31. The molecule has 1 N–H and O–H groups in total. The van der Waals surface area contributed by atoms with E-state index >= 15 is 0 Å². The van der Waals surface area contributed by atoms with Gasteiger partial charge in [0, 0.05) is 31.9 Å². The number of thiophene rings is 1. The number of carbonyl (C=O) groups is 1. The number of rotatable bonds is 5. The Bertz CT molecular complexity index is 987. The van der Waals surface area contributed by atoms with Crippen LogP contribution in [0.15, 0.2) is 40.6 Å². The number of hydrogen-bond donors (Lipinski definition) is 1. The molecule has 1 aliphatic rings. The highest BCUT2D eigenvalue weighted by Crippen LogP contribution is 2.31. The number of benzene rings is 1. The Labute approximate surface area is 174 Å². The minimum Gasteiger partial charge on any atom is -0.325 e. The van der Waals surface area contributed by atoms with Gasteiger partial charge in [-0.15, -0.1) is 11.3 Å². The van der Waals surface area contributed by atoms with Crippen LogP contribution in [0.3, 0.4) is 0 Å². The third-order valence-corrected chi connectivity index (χ3v) is 7.91. The molecule has 0 spiro atoms. The molecule has 0 unspecified atom stereocenters. The standard InChI is InChI=1S/C17H17ClF3N3O3S2/c18-14-4-5-16(28-14)29(26,27)24-8-6-23(7-9-24)11-15(25)22-13-3-1-2-12(10-13)17(19,20)21/h1-5,10H,6-9,11H2,(H,22,25). The highest BCUT2D eigenvalue weighted by Gasteiger charge is 2.31. The Kier molecular flexibility index (Phi) is 6.54. The zero-order valence-corrected chi connectivity index (χ0v) is 17.3. The number of nitrogens with zero attached hydrogens (tertiary/aromatic N) is 2. The zero-order valence-electron chi connectivity index (χ0n) is 14.9. The lowest BCUT2D eigenvalue weighted by atomic mass is 10.2. The van der Waals surface area contributed by atoms with Crippen LogP contribution in [0.5, 0.6) is 0 Å². The number of halogens is 4. The number of sulfonamides is 1. The van der Waals surface area contributed by atoms with E-state index in [1.54, 1.807) is 4.90 Å². The Balaban J connectivity index is 1.54. The fraction of sp³-hybridized carbons (Fsp3) is 0.353. The first-order chi connectivity index (χ1) is 13.6. The van der Waals surface area contributed by atoms with Crippen molar-refractivity contribution in [2.24, 2.45) is 0 Å². The Morgan fingerprint density at radius 1 is 1.14 bits per heavy atom. The van der Waals surface area contributed by atoms with Gasteiger partial charge >= 0.3 is 6.18 Å². The summed E-state index contributed by atoms with van der Waals surface area (Å²) in [5.41, 5.74) is -0.789. The molecule has 1 amide bonds. The molecule has 1 aromatic heterocycles. The van der Waals surface area contributed by atoms with Crippen LogP contribution >= 0.6 is 22.9 Å². The van der Waals surface area contributed by atoms with E-state index in [1.807, 2.05) is 0 Å². The summed E-state index contributed by atoms with van der Waals surface area (Å²) in [6.45, 7) is 1.01. The van der Waals surface area contributed by atoms with Gasteiger partial charge in [0.25, 0.3) is 10.0 Å². The highest BCUT2D eigenvalue weighted by molar-refractivity contribution is 7.91. The van der Waals surface area contributed by atoms with Crippen molar-refractivity contribution in [3.8, 4) is 0 Å². The molecule has 12 heteroatoms. The van der Waals surface area contributed by atoms with E-state index in [0.717, 1.165) is 23.5 Å². The summed E-state index contributed by atoms with van der Waals surface area (Å²) in [7, 11) is -3.63. The SMILES string of the molecule is O=C(CN1CCN(S(=O)(=O)c2ccc(Cl)s2)CC1)Nc1cccc(C(F)(F)F)c1. The number of piperazine rings is 1. The number of carbonyl (C=O) groups excluding carboxylic acids is 1. The van der Waals surface area contributed by atoms with Crippen molar-refractivity contribution >= 4 is 44.6 Å². The molecule has 1 aromatic carbocycles. The molecule has 1 aliphatic heterocycles. The fourth-order valence-electron chi connectivity index (χ4n) is 2.87. The maximum Gasteiger partial charge on any atom is 0.416 e. The Morgan fingerprint density at radius 3 is 2.41 bits per heavy atom. The van der Waals surface area contributed by atoms with E-state index in [4.69, 9.17) is 11.6 Å². The first-order valence-corrected chi connectivity index (χ1v) is 11.1. The lowest BCUT2D eigenvalue weighted by Crippen LogP contribution is -2.50. The molecule has 2 aromatic rings. The van der Waals surface area contributed by atoms with E-state index in [-0.39, 0.29) is 29.5 Å². The minimum atomic E-state index is -4.49. The molecular formula is C17H17ClF3N3O3S2. The zero-order chi connectivity index (χ0) is 21.2. The van der Waals surface area contributed by atoms with Gasteiger partial charge < -0.3 is 5.32 Å². The second-order valence-corrected chi connectivity index (χ2v) is 10.2. The number of hydrogen-bond acceptors (Lipinski definition) is 5. The first kappa shape index (κ1) is 22.0. The molecular weight excluding hydrogens is 451 g/mol. The van der Waals surface area contributed by atoms with Crippen molar-refractivity contribution in [1.29, 1.82) is 0 Å². The molecule has 2 heterocycles. The average Bonchev–Trinajstić information content (AvgIpc) is 3.09. The largest absolute Gasteiger partial charge is 0.416 e. The molecule has 1 saturated heterocycles.